The van der Waals surface area contributed by atoms with Gasteiger partial charge >= 0.3 is 6.03 Å². The van der Waals surface area contributed by atoms with E-state index < -0.39 is 21.9 Å². The molecule has 180 valence electrons. The maximum atomic E-state index is 13.4. The van der Waals surface area contributed by atoms with Gasteiger partial charge in [-0.1, -0.05) is 48.0 Å². The van der Waals surface area contributed by atoms with E-state index in [-0.39, 0.29) is 18.0 Å². The van der Waals surface area contributed by atoms with Gasteiger partial charge in [-0.15, -0.1) is 0 Å². The molecule has 0 atom stereocenters. The van der Waals surface area contributed by atoms with Gasteiger partial charge in [0.2, 0.25) is 10.0 Å². The van der Waals surface area contributed by atoms with E-state index in [0.717, 1.165) is 16.3 Å². The Morgan fingerprint density at radius 2 is 1.57 bits per heavy atom. The molecule has 4 rings (SSSR count). The number of aryl methyl sites for hydroxylation is 1. The van der Waals surface area contributed by atoms with Crippen molar-refractivity contribution in [2.24, 2.45) is 0 Å². The molecule has 4 aromatic carbocycles. The lowest BCUT2D eigenvalue weighted by Crippen LogP contribution is -2.37. The number of hydrogen-bond donors (Lipinski definition) is 2. The van der Waals surface area contributed by atoms with Gasteiger partial charge in [0.1, 0.15) is 5.82 Å². The maximum Gasteiger partial charge on any atom is 0.326 e. The molecule has 0 aliphatic carbocycles. The lowest BCUT2D eigenvalue weighted by molar-refractivity contribution is 0.257. The molecule has 0 bridgehead atoms. The number of rotatable bonds is 8. The first kappa shape index (κ1) is 24.4. The third-order valence-electron chi connectivity index (χ3n) is 5.57. The fraction of sp³-hybridized carbons (Fsp3) is 0.148. The molecule has 8 heteroatoms. The second-order valence-corrected chi connectivity index (χ2v) is 9.95. The highest BCUT2D eigenvalue weighted by molar-refractivity contribution is 7.89. The van der Waals surface area contributed by atoms with Gasteiger partial charge in [-0.05, 0) is 72.6 Å². The number of amides is 2. The number of halogens is 1. The summed E-state index contributed by atoms with van der Waals surface area (Å²) in [5, 5.41) is 4.63. The van der Waals surface area contributed by atoms with Crippen molar-refractivity contribution >= 4 is 38.2 Å². The molecule has 0 unspecified atom stereocenters. The number of carbonyl (C=O) groups excluding carboxylic acids is 1. The van der Waals surface area contributed by atoms with Crippen molar-refractivity contribution in [1.29, 1.82) is 0 Å². The number of carbonyl (C=O) groups is 1. The summed E-state index contributed by atoms with van der Waals surface area (Å²) in [7, 11) is -3.71. The standard InChI is InChI=1S/C27H26FN3O3S/c1-20-7-12-24(13-8-20)30-27(32)31(25-14-10-23(28)11-15-25)18-4-17-29-35(33,34)26-16-9-21-5-2-3-6-22(21)19-26/h2-3,5-16,19,29H,4,17-18H2,1H3,(H,30,32). The highest BCUT2D eigenvalue weighted by Crippen LogP contribution is 2.20. The number of nitrogens with one attached hydrogen (secondary N) is 2. The molecule has 0 saturated heterocycles. The SMILES string of the molecule is Cc1ccc(NC(=O)N(CCCNS(=O)(=O)c2ccc3ccccc3c2)c2ccc(F)cc2)cc1. The third-order valence-corrected chi connectivity index (χ3v) is 7.03. The van der Waals surface area contributed by atoms with Crippen LogP contribution in [0.5, 0.6) is 0 Å². The summed E-state index contributed by atoms with van der Waals surface area (Å²) < 4.78 is 41.6. The molecule has 2 N–H and O–H groups in total. The highest BCUT2D eigenvalue weighted by Gasteiger charge is 2.18. The molecular formula is C27H26FN3O3S. The number of fused-ring (bicyclic) bond motifs is 1. The Labute approximate surface area is 204 Å². The van der Waals surface area contributed by atoms with Crippen LogP contribution in [0.2, 0.25) is 0 Å². The summed E-state index contributed by atoms with van der Waals surface area (Å²) >= 11 is 0. The van der Waals surface area contributed by atoms with Crippen molar-refractivity contribution in [3.8, 4) is 0 Å². The second kappa shape index (κ2) is 10.7. The zero-order valence-corrected chi connectivity index (χ0v) is 20.1. The quantitative estimate of drug-likeness (QED) is 0.311. The smallest absolute Gasteiger partial charge is 0.308 e. The van der Waals surface area contributed by atoms with Gasteiger partial charge < -0.3 is 5.32 Å². The van der Waals surface area contributed by atoms with Crippen LogP contribution in [0.25, 0.3) is 10.8 Å². The van der Waals surface area contributed by atoms with Crippen molar-refractivity contribution in [3.63, 3.8) is 0 Å². The summed E-state index contributed by atoms with van der Waals surface area (Å²) in [6.07, 6.45) is 0.353. The van der Waals surface area contributed by atoms with E-state index >= 15 is 0 Å². The van der Waals surface area contributed by atoms with Crippen molar-refractivity contribution in [3.05, 3.63) is 102 Å². The average molecular weight is 492 g/mol. The molecule has 6 nitrogen and oxygen atoms in total. The van der Waals surface area contributed by atoms with E-state index in [0.29, 0.717) is 17.8 Å². The lowest BCUT2D eigenvalue weighted by Gasteiger charge is -2.23. The van der Waals surface area contributed by atoms with E-state index in [1.54, 1.807) is 30.3 Å². The lowest BCUT2D eigenvalue weighted by atomic mass is 10.1. The molecule has 2 amide bonds. The second-order valence-electron chi connectivity index (χ2n) is 8.18. The number of anilines is 2. The Hall–Kier alpha value is -3.75. The maximum absolute atomic E-state index is 13.4. The first-order valence-corrected chi connectivity index (χ1v) is 12.7. The number of hydrogen-bond acceptors (Lipinski definition) is 3. The fourth-order valence-electron chi connectivity index (χ4n) is 3.66. The molecule has 0 saturated carbocycles. The minimum Gasteiger partial charge on any atom is -0.308 e. The Morgan fingerprint density at radius 1 is 0.886 bits per heavy atom. The molecule has 0 aliphatic heterocycles. The zero-order chi connectivity index (χ0) is 24.8. The minimum atomic E-state index is -3.71. The average Bonchev–Trinajstić information content (AvgIpc) is 2.86. The zero-order valence-electron chi connectivity index (χ0n) is 19.2. The van der Waals surface area contributed by atoms with Gasteiger partial charge in [0.05, 0.1) is 4.90 Å². The summed E-state index contributed by atoms with van der Waals surface area (Å²) in [6, 6.07) is 25.1. The van der Waals surface area contributed by atoms with Crippen molar-refractivity contribution in [2.75, 3.05) is 23.3 Å². The van der Waals surface area contributed by atoms with Crippen LogP contribution in [0.3, 0.4) is 0 Å². The number of benzene rings is 4. The predicted octanol–water partition coefficient (Wildman–Crippen LogP) is 5.69. The van der Waals surface area contributed by atoms with Crippen LogP contribution < -0.4 is 14.9 Å². The summed E-state index contributed by atoms with van der Waals surface area (Å²) in [5.41, 5.74) is 2.20. The Kier molecular flexibility index (Phi) is 7.43. The minimum absolute atomic E-state index is 0.130. The van der Waals surface area contributed by atoms with Crippen molar-refractivity contribution < 1.29 is 17.6 Å². The van der Waals surface area contributed by atoms with Gasteiger partial charge in [-0.25, -0.2) is 22.3 Å². The van der Waals surface area contributed by atoms with E-state index in [9.17, 15) is 17.6 Å². The Bertz CT molecular complexity index is 1420. The van der Waals surface area contributed by atoms with Crippen LogP contribution in [0.4, 0.5) is 20.6 Å². The summed E-state index contributed by atoms with van der Waals surface area (Å²) in [6.45, 7) is 2.31. The monoisotopic (exact) mass is 491 g/mol. The van der Waals surface area contributed by atoms with Gasteiger partial charge in [0.15, 0.2) is 0 Å². The third kappa shape index (κ3) is 6.23. The summed E-state index contributed by atoms with van der Waals surface area (Å²) in [4.78, 5) is 14.6. The molecule has 0 fully saturated rings. The van der Waals surface area contributed by atoms with E-state index in [4.69, 9.17) is 0 Å². The first-order valence-electron chi connectivity index (χ1n) is 11.2. The number of nitrogens with zero attached hydrogens (tertiary/aromatic N) is 1. The van der Waals surface area contributed by atoms with E-state index in [2.05, 4.69) is 10.0 Å². The van der Waals surface area contributed by atoms with Crippen LogP contribution in [-0.2, 0) is 10.0 Å². The van der Waals surface area contributed by atoms with Crippen LogP contribution in [0.1, 0.15) is 12.0 Å². The Balaban J connectivity index is 1.42. The van der Waals surface area contributed by atoms with Gasteiger partial charge in [-0.3, -0.25) is 4.90 Å². The topological polar surface area (TPSA) is 78.5 Å². The Morgan fingerprint density at radius 3 is 2.29 bits per heavy atom. The molecular weight excluding hydrogens is 465 g/mol. The fourth-order valence-corrected chi connectivity index (χ4v) is 4.77. The molecule has 35 heavy (non-hydrogen) atoms. The largest absolute Gasteiger partial charge is 0.326 e. The molecule has 0 aliphatic rings. The predicted molar refractivity (Wildman–Crippen MR) is 138 cm³/mol. The number of urea groups is 1. The first-order chi connectivity index (χ1) is 16.8. The van der Waals surface area contributed by atoms with E-state index in [1.165, 1.54) is 29.2 Å². The van der Waals surface area contributed by atoms with Crippen LogP contribution in [-0.4, -0.2) is 27.5 Å². The van der Waals surface area contributed by atoms with Crippen LogP contribution >= 0.6 is 0 Å². The van der Waals surface area contributed by atoms with Crippen molar-refractivity contribution in [2.45, 2.75) is 18.2 Å². The summed E-state index contributed by atoms with van der Waals surface area (Å²) in [5.74, 6) is -0.407. The molecule has 0 radical (unpaired) electrons. The van der Waals surface area contributed by atoms with Gasteiger partial charge in [0, 0.05) is 24.5 Å². The molecule has 0 spiro atoms. The van der Waals surface area contributed by atoms with Crippen LogP contribution in [0.15, 0.2) is 95.9 Å². The van der Waals surface area contributed by atoms with Crippen molar-refractivity contribution in [1.82, 2.24) is 4.72 Å². The number of sulfonamides is 1. The van der Waals surface area contributed by atoms with Gasteiger partial charge in [0.25, 0.3) is 0 Å². The van der Waals surface area contributed by atoms with E-state index in [1.807, 2.05) is 43.3 Å². The van der Waals surface area contributed by atoms with Gasteiger partial charge in [-0.2, -0.15) is 0 Å². The molecule has 0 heterocycles. The van der Waals surface area contributed by atoms with Crippen LogP contribution in [0, 0.1) is 12.7 Å². The molecule has 0 aromatic heterocycles. The normalized spacial score (nSPS) is 11.4. The highest BCUT2D eigenvalue weighted by atomic mass is 32.2. The molecule has 4 aromatic rings.